The van der Waals surface area contributed by atoms with E-state index in [-0.39, 0.29) is 18.9 Å². The molecule has 2 aromatic carbocycles. The maximum atomic E-state index is 12.2. The van der Waals surface area contributed by atoms with Crippen molar-refractivity contribution in [2.45, 2.75) is 39.5 Å². The first-order valence-corrected chi connectivity index (χ1v) is 12.9. The second-order valence-corrected chi connectivity index (χ2v) is 9.36. The minimum absolute atomic E-state index is 0.132. The van der Waals surface area contributed by atoms with Gasteiger partial charge in [0, 0.05) is 13.0 Å². The second kappa shape index (κ2) is 13.0. The fraction of sp³-hybridized carbons (Fsp3) is 0.458. The normalized spacial score (nSPS) is 11.1. The highest BCUT2D eigenvalue weighted by atomic mass is 32.2. The van der Waals surface area contributed by atoms with Gasteiger partial charge in [0.25, 0.3) is 0 Å². The average Bonchev–Trinajstić information content (AvgIpc) is 2.76. The fourth-order valence-corrected chi connectivity index (χ4v) is 4.20. The molecule has 0 spiro atoms. The second-order valence-electron chi connectivity index (χ2n) is 7.46. The number of ether oxygens (including phenoxy) is 2. The van der Waals surface area contributed by atoms with E-state index in [2.05, 4.69) is 24.4 Å². The van der Waals surface area contributed by atoms with Gasteiger partial charge < -0.3 is 14.8 Å². The predicted octanol–water partition coefficient (Wildman–Crippen LogP) is 3.78. The molecule has 0 aliphatic rings. The zero-order valence-electron chi connectivity index (χ0n) is 19.2. The fourth-order valence-electron chi connectivity index (χ4n) is 3.23. The Morgan fingerprint density at radius 2 is 1.59 bits per heavy atom. The Bertz CT molecular complexity index is 928. The number of hydrogen-bond donors (Lipinski definition) is 1. The summed E-state index contributed by atoms with van der Waals surface area (Å²) in [5.74, 6) is 1.33. The molecule has 0 atom stereocenters. The van der Waals surface area contributed by atoms with Crippen LogP contribution in [0.3, 0.4) is 0 Å². The molecule has 0 heterocycles. The molecular formula is C24H34N2O5S. The van der Waals surface area contributed by atoms with Gasteiger partial charge in [-0.05, 0) is 61.7 Å². The molecule has 0 saturated heterocycles. The Morgan fingerprint density at radius 1 is 0.969 bits per heavy atom. The van der Waals surface area contributed by atoms with Gasteiger partial charge in [-0.15, -0.1) is 0 Å². The van der Waals surface area contributed by atoms with Gasteiger partial charge >= 0.3 is 0 Å². The molecule has 0 aliphatic heterocycles. The minimum Gasteiger partial charge on any atom is -0.494 e. The summed E-state index contributed by atoms with van der Waals surface area (Å²) in [6.45, 7) is 5.57. The molecule has 8 heteroatoms. The first kappa shape index (κ1) is 25.5. The minimum atomic E-state index is -3.46. The number of sulfonamides is 1. The van der Waals surface area contributed by atoms with Crippen molar-refractivity contribution >= 4 is 21.6 Å². The molecule has 0 aliphatic carbocycles. The number of anilines is 1. The molecule has 32 heavy (non-hydrogen) atoms. The van der Waals surface area contributed by atoms with Crippen LogP contribution in [0.15, 0.2) is 48.5 Å². The largest absolute Gasteiger partial charge is 0.494 e. The van der Waals surface area contributed by atoms with Crippen molar-refractivity contribution in [1.82, 2.24) is 5.32 Å². The molecule has 176 valence electrons. The van der Waals surface area contributed by atoms with E-state index in [9.17, 15) is 13.2 Å². The molecular weight excluding hydrogens is 428 g/mol. The molecule has 7 nitrogen and oxygen atoms in total. The first-order valence-electron chi connectivity index (χ1n) is 11.0. The van der Waals surface area contributed by atoms with E-state index >= 15 is 0 Å². The van der Waals surface area contributed by atoms with E-state index < -0.39 is 10.0 Å². The number of aryl methyl sites for hydroxylation is 1. The van der Waals surface area contributed by atoms with Crippen molar-refractivity contribution < 1.29 is 22.7 Å². The SMILES string of the molecule is CCCc1ccc(OCCNC(=O)CCCN(c2ccc(OCC)cc2)S(C)(=O)=O)cc1. The zero-order chi connectivity index (χ0) is 23.4. The Kier molecular flexibility index (Phi) is 10.3. The third-order valence-electron chi connectivity index (χ3n) is 4.76. The Hall–Kier alpha value is -2.74. The van der Waals surface area contributed by atoms with Gasteiger partial charge in [0.15, 0.2) is 0 Å². The summed E-state index contributed by atoms with van der Waals surface area (Å²) in [4.78, 5) is 12.1. The summed E-state index contributed by atoms with van der Waals surface area (Å²) < 4.78 is 36.8. The quantitative estimate of drug-likeness (QED) is 0.432. The lowest BCUT2D eigenvalue weighted by Crippen LogP contribution is -2.32. The maximum absolute atomic E-state index is 12.2. The van der Waals surface area contributed by atoms with E-state index in [1.165, 1.54) is 9.87 Å². The van der Waals surface area contributed by atoms with Crippen LogP contribution in [0.1, 0.15) is 38.7 Å². The van der Waals surface area contributed by atoms with Crippen molar-refractivity contribution in [2.24, 2.45) is 0 Å². The molecule has 0 unspecified atom stereocenters. The number of carbonyl (C=O) groups excluding carboxylic acids is 1. The third-order valence-corrected chi connectivity index (χ3v) is 5.95. The number of nitrogens with zero attached hydrogens (tertiary/aromatic N) is 1. The van der Waals surface area contributed by atoms with Gasteiger partial charge in [-0.2, -0.15) is 0 Å². The number of hydrogen-bond acceptors (Lipinski definition) is 5. The van der Waals surface area contributed by atoms with Gasteiger partial charge in [0.05, 0.1) is 25.1 Å². The standard InChI is InChI=1S/C24H34N2O5S/c1-4-7-20-9-13-23(14-10-20)31-19-17-25-24(27)8-6-18-26(32(3,28)29)21-11-15-22(16-12-21)30-5-2/h9-16H,4-8,17-19H2,1-3H3,(H,25,27). The molecule has 2 aromatic rings. The molecule has 1 amide bonds. The van der Waals surface area contributed by atoms with E-state index in [4.69, 9.17) is 9.47 Å². The van der Waals surface area contributed by atoms with Gasteiger partial charge in [-0.3, -0.25) is 9.10 Å². The highest BCUT2D eigenvalue weighted by Crippen LogP contribution is 2.22. The maximum Gasteiger partial charge on any atom is 0.232 e. The molecule has 0 radical (unpaired) electrons. The third kappa shape index (κ3) is 8.78. The zero-order valence-corrected chi connectivity index (χ0v) is 20.0. The molecule has 1 N–H and O–H groups in total. The Labute approximate surface area is 191 Å². The molecule has 0 bridgehead atoms. The summed E-state index contributed by atoms with van der Waals surface area (Å²) >= 11 is 0. The van der Waals surface area contributed by atoms with Crippen molar-refractivity contribution in [1.29, 1.82) is 0 Å². The summed E-state index contributed by atoms with van der Waals surface area (Å²) in [6.07, 6.45) is 3.95. The van der Waals surface area contributed by atoms with Crippen LogP contribution >= 0.6 is 0 Å². The Balaban J connectivity index is 1.73. The number of carbonyl (C=O) groups is 1. The number of rotatable bonds is 14. The lowest BCUT2D eigenvalue weighted by Gasteiger charge is -2.22. The van der Waals surface area contributed by atoms with Crippen LogP contribution in [-0.2, 0) is 21.2 Å². The van der Waals surface area contributed by atoms with E-state index in [1.54, 1.807) is 24.3 Å². The van der Waals surface area contributed by atoms with Crippen LogP contribution in [0.25, 0.3) is 0 Å². The lowest BCUT2D eigenvalue weighted by atomic mass is 10.1. The van der Waals surface area contributed by atoms with Crippen LogP contribution in [0, 0.1) is 0 Å². The van der Waals surface area contributed by atoms with Gasteiger partial charge in [-0.25, -0.2) is 8.42 Å². The monoisotopic (exact) mass is 462 g/mol. The highest BCUT2D eigenvalue weighted by molar-refractivity contribution is 7.92. The first-order chi connectivity index (χ1) is 15.3. The Morgan fingerprint density at radius 3 is 2.19 bits per heavy atom. The van der Waals surface area contributed by atoms with Crippen molar-refractivity contribution in [2.75, 3.05) is 36.9 Å². The smallest absolute Gasteiger partial charge is 0.232 e. The molecule has 0 saturated carbocycles. The van der Waals surface area contributed by atoms with Crippen LogP contribution in [-0.4, -0.2) is 46.9 Å². The summed E-state index contributed by atoms with van der Waals surface area (Å²) in [5.41, 5.74) is 1.83. The van der Waals surface area contributed by atoms with Crippen LogP contribution < -0.4 is 19.1 Å². The summed E-state index contributed by atoms with van der Waals surface area (Å²) in [6, 6.07) is 14.9. The van der Waals surface area contributed by atoms with Crippen molar-refractivity contribution in [3.05, 3.63) is 54.1 Å². The molecule has 0 fully saturated rings. The molecule has 0 aromatic heterocycles. The van der Waals surface area contributed by atoms with Crippen molar-refractivity contribution in [3.63, 3.8) is 0 Å². The summed E-state index contributed by atoms with van der Waals surface area (Å²) in [7, 11) is -3.46. The lowest BCUT2D eigenvalue weighted by molar-refractivity contribution is -0.121. The number of benzene rings is 2. The van der Waals surface area contributed by atoms with Crippen molar-refractivity contribution in [3.8, 4) is 11.5 Å². The predicted molar refractivity (Wildman–Crippen MR) is 128 cm³/mol. The molecule has 2 rings (SSSR count). The van der Waals surface area contributed by atoms with Crippen LogP contribution in [0.4, 0.5) is 5.69 Å². The van der Waals surface area contributed by atoms with E-state index in [0.29, 0.717) is 37.6 Å². The summed E-state index contributed by atoms with van der Waals surface area (Å²) in [5, 5.41) is 2.81. The van der Waals surface area contributed by atoms with Gasteiger partial charge in [0.2, 0.25) is 15.9 Å². The topological polar surface area (TPSA) is 84.9 Å². The number of amides is 1. The van der Waals surface area contributed by atoms with E-state index in [0.717, 1.165) is 24.8 Å². The average molecular weight is 463 g/mol. The van der Waals surface area contributed by atoms with Crippen LogP contribution in [0.5, 0.6) is 11.5 Å². The number of nitrogens with one attached hydrogen (secondary N) is 1. The van der Waals surface area contributed by atoms with E-state index in [1.807, 2.05) is 19.1 Å². The highest BCUT2D eigenvalue weighted by Gasteiger charge is 2.17. The van der Waals surface area contributed by atoms with Gasteiger partial charge in [-0.1, -0.05) is 25.5 Å². The van der Waals surface area contributed by atoms with Gasteiger partial charge in [0.1, 0.15) is 18.1 Å². The van der Waals surface area contributed by atoms with Crippen LogP contribution in [0.2, 0.25) is 0 Å².